The molecule has 0 saturated heterocycles. The Morgan fingerprint density at radius 2 is 1.86 bits per heavy atom. The number of aromatic nitrogens is 2. The van der Waals surface area contributed by atoms with Gasteiger partial charge in [-0.1, -0.05) is 48.0 Å². The number of aryl methyl sites for hydroxylation is 1. The number of ether oxygens (including phenoxy) is 1. The second-order valence-electron chi connectivity index (χ2n) is 6.32. The van der Waals surface area contributed by atoms with E-state index < -0.39 is 11.5 Å². The van der Waals surface area contributed by atoms with Crippen LogP contribution in [0, 0.1) is 6.92 Å². The molecule has 0 saturated carbocycles. The van der Waals surface area contributed by atoms with Crippen molar-refractivity contribution >= 4 is 23.3 Å². The summed E-state index contributed by atoms with van der Waals surface area (Å²) in [6.07, 6.45) is 1.48. The van der Waals surface area contributed by atoms with Gasteiger partial charge in [-0.2, -0.15) is 9.78 Å². The quantitative estimate of drug-likeness (QED) is 0.654. The SMILES string of the molecule is COC(=O)c1ccccc1-n1ncc(NC(C)c2ccccc2C)c(Cl)c1=O. The van der Waals surface area contributed by atoms with Crippen LogP contribution in [0.5, 0.6) is 0 Å². The Balaban J connectivity index is 1.98. The highest BCUT2D eigenvalue weighted by molar-refractivity contribution is 6.33. The summed E-state index contributed by atoms with van der Waals surface area (Å²) in [7, 11) is 1.28. The Bertz CT molecular complexity index is 1080. The number of hydrogen-bond donors (Lipinski definition) is 1. The molecule has 0 radical (unpaired) electrons. The molecule has 1 unspecified atom stereocenters. The monoisotopic (exact) mass is 397 g/mol. The largest absolute Gasteiger partial charge is 0.465 e. The van der Waals surface area contributed by atoms with Crippen LogP contribution < -0.4 is 10.9 Å². The first-order chi connectivity index (χ1) is 13.4. The van der Waals surface area contributed by atoms with Crippen molar-refractivity contribution in [1.82, 2.24) is 9.78 Å². The van der Waals surface area contributed by atoms with Gasteiger partial charge in [-0.3, -0.25) is 4.79 Å². The average Bonchev–Trinajstić information content (AvgIpc) is 2.71. The van der Waals surface area contributed by atoms with Gasteiger partial charge in [-0.05, 0) is 37.1 Å². The second kappa shape index (κ2) is 8.27. The molecule has 0 amide bonds. The number of anilines is 1. The Kier molecular flexibility index (Phi) is 5.80. The Labute approximate surface area is 167 Å². The molecule has 7 heteroatoms. The highest BCUT2D eigenvalue weighted by Gasteiger charge is 2.18. The molecule has 1 aromatic heterocycles. The normalized spacial score (nSPS) is 11.7. The lowest BCUT2D eigenvalue weighted by atomic mass is 10.0. The number of methoxy groups -OCH3 is 1. The van der Waals surface area contributed by atoms with Gasteiger partial charge in [-0.25, -0.2) is 4.79 Å². The molecule has 6 nitrogen and oxygen atoms in total. The lowest BCUT2D eigenvalue weighted by Gasteiger charge is -2.19. The van der Waals surface area contributed by atoms with E-state index in [1.807, 2.05) is 38.1 Å². The predicted octanol–water partition coefficient (Wildman–Crippen LogP) is 4.15. The molecule has 144 valence electrons. The zero-order valence-electron chi connectivity index (χ0n) is 15.8. The smallest absolute Gasteiger partial charge is 0.340 e. The van der Waals surface area contributed by atoms with Crippen LogP contribution in [-0.4, -0.2) is 22.9 Å². The minimum atomic E-state index is -0.559. The van der Waals surface area contributed by atoms with Gasteiger partial charge < -0.3 is 10.1 Å². The van der Waals surface area contributed by atoms with Crippen molar-refractivity contribution in [3.05, 3.63) is 86.8 Å². The molecule has 3 rings (SSSR count). The fourth-order valence-corrected chi connectivity index (χ4v) is 3.21. The maximum absolute atomic E-state index is 12.8. The van der Waals surface area contributed by atoms with Crippen LogP contribution >= 0.6 is 11.6 Å². The third-order valence-corrected chi connectivity index (χ3v) is 4.85. The summed E-state index contributed by atoms with van der Waals surface area (Å²) in [5.41, 5.74) is 2.66. The molecule has 1 heterocycles. The third kappa shape index (κ3) is 3.77. The standard InChI is InChI=1S/C21H20ClN3O3/c1-13-8-4-5-9-15(13)14(2)24-17-12-23-25(20(26)19(17)22)18-11-7-6-10-16(18)21(27)28-3/h4-12,14,24H,1-3H3. The third-order valence-electron chi connectivity index (χ3n) is 4.48. The predicted molar refractivity (Wildman–Crippen MR) is 109 cm³/mol. The molecule has 0 spiro atoms. The number of nitrogens with zero attached hydrogens (tertiary/aromatic N) is 2. The Morgan fingerprint density at radius 3 is 2.57 bits per heavy atom. The highest BCUT2D eigenvalue weighted by Crippen LogP contribution is 2.25. The zero-order valence-corrected chi connectivity index (χ0v) is 16.5. The number of hydrogen-bond acceptors (Lipinski definition) is 5. The van der Waals surface area contributed by atoms with Crippen molar-refractivity contribution in [1.29, 1.82) is 0 Å². The van der Waals surface area contributed by atoms with E-state index in [4.69, 9.17) is 16.3 Å². The van der Waals surface area contributed by atoms with Crippen LogP contribution in [0.25, 0.3) is 5.69 Å². The first-order valence-corrected chi connectivity index (χ1v) is 9.09. The lowest BCUT2D eigenvalue weighted by molar-refractivity contribution is 0.0600. The van der Waals surface area contributed by atoms with E-state index in [0.29, 0.717) is 11.4 Å². The first kappa shape index (κ1) is 19.6. The minimum Gasteiger partial charge on any atom is -0.465 e. The van der Waals surface area contributed by atoms with Crippen LogP contribution in [0.2, 0.25) is 5.02 Å². The van der Waals surface area contributed by atoms with Crippen molar-refractivity contribution in [2.24, 2.45) is 0 Å². The van der Waals surface area contributed by atoms with Gasteiger partial charge >= 0.3 is 5.97 Å². The lowest BCUT2D eigenvalue weighted by Crippen LogP contribution is -2.25. The van der Waals surface area contributed by atoms with Crippen LogP contribution in [0.3, 0.4) is 0 Å². The van der Waals surface area contributed by atoms with Gasteiger partial charge in [0.1, 0.15) is 5.02 Å². The fourth-order valence-electron chi connectivity index (χ4n) is 3.03. The van der Waals surface area contributed by atoms with Crippen LogP contribution in [0.1, 0.15) is 34.5 Å². The molecular formula is C21H20ClN3O3. The molecule has 1 atom stereocenters. The van der Waals surface area contributed by atoms with Crippen LogP contribution in [0.15, 0.2) is 59.5 Å². The number of carbonyl (C=O) groups excluding carboxylic acids is 1. The van der Waals surface area contributed by atoms with E-state index in [9.17, 15) is 9.59 Å². The van der Waals surface area contributed by atoms with Gasteiger partial charge in [0.15, 0.2) is 0 Å². The van der Waals surface area contributed by atoms with E-state index in [2.05, 4.69) is 10.4 Å². The van der Waals surface area contributed by atoms with Gasteiger partial charge in [0, 0.05) is 6.04 Å². The van der Waals surface area contributed by atoms with E-state index >= 15 is 0 Å². The summed E-state index contributed by atoms with van der Waals surface area (Å²) in [6.45, 7) is 4.01. The highest BCUT2D eigenvalue weighted by atomic mass is 35.5. The molecule has 2 aromatic carbocycles. The number of esters is 1. The Hall–Kier alpha value is -3.12. The summed E-state index contributed by atoms with van der Waals surface area (Å²) in [4.78, 5) is 24.8. The van der Waals surface area contributed by atoms with E-state index in [-0.39, 0.29) is 16.6 Å². The van der Waals surface area contributed by atoms with E-state index in [1.54, 1.807) is 24.3 Å². The number of carbonyl (C=O) groups is 1. The molecule has 1 N–H and O–H groups in total. The summed E-state index contributed by atoms with van der Waals surface area (Å²) in [6, 6.07) is 14.5. The molecular weight excluding hydrogens is 378 g/mol. The fraction of sp³-hybridized carbons (Fsp3) is 0.190. The number of rotatable bonds is 5. The summed E-state index contributed by atoms with van der Waals surface area (Å²) in [5.74, 6) is -0.559. The molecule has 0 fully saturated rings. The van der Waals surface area contributed by atoms with E-state index in [1.165, 1.54) is 13.3 Å². The van der Waals surface area contributed by atoms with Crippen molar-refractivity contribution in [2.45, 2.75) is 19.9 Å². The van der Waals surface area contributed by atoms with Gasteiger partial charge in [0.05, 0.1) is 30.2 Å². The molecule has 0 aliphatic rings. The molecule has 0 bridgehead atoms. The first-order valence-electron chi connectivity index (χ1n) is 8.71. The topological polar surface area (TPSA) is 73.2 Å². The van der Waals surface area contributed by atoms with E-state index in [0.717, 1.165) is 15.8 Å². The zero-order chi connectivity index (χ0) is 20.3. The Morgan fingerprint density at radius 1 is 1.18 bits per heavy atom. The van der Waals surface area contributed by atoms with Crippen molar-refractivity contribution in [3.63, 3.8) is 0 Å². The number of nitrogens with one attached hydrogen (secondary N) is 1. The number of halogens is 1. The van der Waals surface area contributed by atoms with Gasteiger partial charge in [0.25, 0.3) is 5.56 Å². The van der Waals surface area contributed by atoms with Crippen molar-refractivity contribution in [3.8, 4) is 5.69 Å². The summed E-state index contributed by atoms with van der Waals surface area (Å²) < 4.78 is 5.87. The second-order valence-corrected chi connectivity index (χ2v) is 6.70. The van der Waals surface area contributed by atoms with Crippen molar-refractivity contribution < 1.29 is 9.53 Å². The number of para-hydroxylation sites is 1. The van der Waals surface area contributed by atoms with Crippen LogP contribution in [-0.2, 0) is 4.74 Å². The molecule has 0 aliphatic carbocycles. The summed E-state index contributed by atoms with van der Waals surface area (Å²) in [5, 5.41) is 7.44. The molecule has 3 aromatic rings. The summed E-state index contributed by atoms with van der Waals surface area (Å²) >= 11 is 6.33. The maximum Gasteiger partial charge on any atom is 0.340 e. The minimum absolute atomic E-state index is 0.00453. The molecule has 28 heavy (non-hydrogen) atoms. The van der Waals surface area contributed by atoms with Gasteiger partial charge in [-0.15, -0.1) is 0 Å². The average molecular weight is 398 g/mol. The number of benzene rings is 2. The van der Waals surface area contributed by atoms with Crippen molar-refractivity contribution in [2.75, 3.05) is 12.4 Å². The van der Waals surface area contributed by atoms with Gasteiger partial charge in [0.2, 0.25) is 0 Å². The molecule has 0 aliphatic heterocycles. The van der Waals surface area contributed by atoms with Crippen LogP contribution in [0.4, 0.5) is 5.69 Å². The maximum atomic E-state index is 12.8.